The Hall–Kier alpha value is -1.82. The molecule has 0 saturated carbocycles. The third-order valence-electron chi connectivity index (χ3n) is 2.97. The van der Waals surface area contributed by atoms with Gasteiger partial charge in [0.25, 0.3) is 0 Å². The van der Waals surface area contributed by atoms with Gasteiger partial charge in [0, 0.05) is 18.7 Å². The number of nitrogens with one attached hydrogen (secondary N) is 1. The van der Waals surface area contributed by atoms with Crippen molar-refractivity contribution in [1.29, 1.82) is 0 Å². The van der Waals surface area contributed by atoms with Gasteiger partial charge in [0.2, 0.25) is 0 Å². The third kappa shape index (κ3) is 3.01. The summed E-state index contributed by atoms with van der Waals surface area (Å²) in [7, 11) is 1.80. The van der Waals surface area contributed by atoms with E-state index < -0.39 is 11.7 Å². The van der Waals surface area contributed by atoms with Crippen LogP contribution in [-0.2, 0) is 19.3 Å². The van der Waals surface area contributed by atoms with Gasteiger partial charge in [0.05, 0.1) is 17.0 Å². The summed E-state index contributed by atoms with van der Waals surface area (Å²) in [6, 6.07) is 7.14. The van der Waals surface area contributed by atoms with Gasteiger partial charge in [-0.1, -0.05) is 12.1 Å². The van der Waals surface area contributed by atoms with Gasteiger partial charge in [-0.2, -0.15) is 18.3 Å². The molecule has 0 atom stereocenters. The largest absolute Gasteiger partial charge is 0.416 e. The van der Waals surface area contributed by atoms with Crippen LogP contribution in [-0.4, -0.2) is 16.8 Å². The molecule has 0 aliphatic heterocycles. The Labute approximate surface area is 115 Å². The lowest BCUT2D eigenvalue weighted by Gasteiger charge is -2.09. The van der Waals surface area contributed by atoms with Crippen molar-refractivity contribution in [3.05, 3.63) is 41.6 Å². The Morgan fingerprint density at radius 3 is 2.60 bits per heavy atom. The Morgan fingerprint density at radius 2 is 2.00 bits per heavy atom. The highest BCUT2D eigenvalue weighted by Gasteiger charge is 2.30. The lowest BCUT2D eigenvalue weighted by Crippen LogP contribution is -2.07. The average molecular weight is 283 g/mol. The number of alkyl halides is 3. The highest BCUT2D eigenvalue weighted by Crippen LogP contribution is 2.32. The number of benzene rings is 1. The smallest absolute Gasteiger partial charge is 0.314 e. The molecule has 1 aromatic carbocycles. The van der Waals surface area contributed by atoms with Crippen molar-refractivity contribution in [3.8, 4) is 11.3 Å². The summed E-state index contributed by atoms with van der Waals surface area (Å²) in [5.41, 5.74) is 1.39. The minimum absolute atomic E-state index is 0.525. The summed E-state index contributed by atoms with van der Waals surface area (Å²) >= 11 is 0. The SMILES string of the molecule is CCn1nc(CNC)cc1-c1cccc(C(F)(F)F)c1. The van der Waals surface area contributed by atoms with Crippen molar-refractivity contribution >= 4 is 0 Å². The molecule has 0 aliphatic rings. The van der Waals surface area contributed by atoms with E-state index in [1.54, 1.807) is 17.8 Å². The second-order valence-electron chi connectivity index (χ2n) is 4.45. The van der Waals surface area contributed by atoms with E-state index in [1.165, 1.54) is 6.07 Å². The van der Waals surface area contributed by atoms with Crippen molar-refractivity contribution < 1.29 is 13.2 Å². The highest BCUT2D eigenvalue weighted by molar-refractivity contribution is 5.61. The monoisotopic (exact) mass is 283 g/mol. The number of nitrogens with zero attached hydrogens (tertiary/aromatic N) is 2. The first kappa shape index (κ1) is 14.6. The van der Waals surface area contributed by atoms with Gasteiger partial charge < -0.3 is 5.32 Å². The van der Waals surface area contributed by atoms with Gasteiger partial charge in [0.15, 0.2) is 0 Å². The predicted octanol–water partition coefficient (Wildman–Crippen LogP) is 3.31. The molecule has 1 aromatic heterocycles. The molecular formula is C14H16F3N3. The topological polar surface area (TPSA) is 29.9 Å². The Balaban J connectivity index is 2.45. The summed E-state index contributed by atoms with van der Waals surface area (Å²) < 4.78 is 40.0. The fourth-order valence-electron chi connectivity index (χ4n) is 2.07. The van der Waals surface area contributed by atoms with Crippen LogP contribution in [0.5, 0.6) is 0 Å². The molecule has 3 nitrogen and oxygen atoms in total. The van der Waals surface area contributed by atoms with Crippen molar-refractivity contribution in [2.75, 3.05) is 7.05 Å². The highest BCUT2D eigenvalue weighted by atomic mass is 19.4. The molecule has 0 fully saturated rings. The van der Waals surface area contributed by atoms with Crippen LogP contribution in [0.25, 0.3) is 11.3 Å². The maximum Gasteiger partial charge on any atom is 0.416 e. The van der Waals surface area contributed by atoms with Gasteiger partial charge in [-0.3, -0.25) is 4.68 Å². The Morgan fingerprint density at radius 1 is 1.25 bits per heavy atom. The minimum atomic E-state index is -4.33. The molecule has 0 amide bonds. The summed E-state index contributed by atoms with van der Waals surface area (Å²) in [6.07, 6.45) is -4.33. The first-order chi connectivity index (χ1) is 9.45. The summed E-state index contributed by atoms with van der Waals surface area (Å²) in [5, 5.41) is 7.34. The molecule has 20 heavy (non-hydrogen) atoms. The first-order valence-electron chi connectivity index (χ1n) is 6.34. The number of hydrogen-bond donors (Lipinski definition) is 1. The number of hydrogen-bond acceptors (Lipinski definition) is 2. The fraction of sp³-hybridized carbons (Fsp3) is 0.357. The van der Waals surface area contributed by atoms with Crippen LogP contribution < -0.4 is 5.32 Å². The molecule has 1 heterocycles. The zero-order chi connectivity index (χ0) is 14.8. The molecule has 2 aromatic rings. The van der Waals surface area contributed by atoms with E-state index in [9.17, 15) is 13.2 Å². The van der Waals surface area contributed by atoms with Crippen molar-refractivity contribution in [2.45, 2.75) is 26.2 Å². The van der Waals surface area contributed by atoms with E-state index in [-0.39, 0.29) is 0 Å². The molecule has 0 unspecified atom stereocenters. The molecule has 108 valence electrons. The normalized spacial score (nSPS) is 11.8. The number of aromatic nitrogens is 2. The van der Waals surface area contributed by atoms with E-state index in [0.717, 1.165) is 17.8 Å². The molecule has 0 saturated heterocycles. The van der Waals surface area contributed by atoms with E-state index in [4.69, 9.17) is 0 Å². The maximum atomic E-state index is 12.8. The summed E-state index contributed by atoms with van der Waals surface area (Å²) in [4.78, 5) is 0. The van der Waals surface area contributed by atoms with Crippen molar-refractivity contribution in [1.82, 2.24) is 15.1 Å². The molecule has 0 aliphatic carbocycles. The molecule has 0 bridgehead atoms. The van der Waals surface area contributed by atoms with E-state index in [0.29, 0.717) is 24.3 Å². The lowest BCUT2D eigenvalue weighted by atomic mass is 10.1. The molecule has 0 spiro atoms. The quantitative estimate of drug-likeness (QED) is 0.933. The van der Waals surface area contributed by atoms with Crippen LogP contribution in [0.2, 0.25) is 0 Å². The van der Waals surface area contributed by atoms with Gasteiger partial charge in [0.1, 0.15) is 0 Å². The lowest BCUT2D eigenvalue weighted by molar-refractivity contribution is -0.137. The zero-order valence-electron chi connectivity index (χ0n) is 11.3. The molecule has 0 radical (unpaired) electrons. The third-order valence-corrected chi connectivity index (χ3v) is 2.97. The minimum Gasteiger partial charge on any atom is -0.314 e. The van der Waals surface area contributed by atoms with Crippen LogP contribution in [0.1, 0.15) is 18.2 Å². The Kier molecular flexibility index (Phi) is 4.13. The second kappa shape index (κ2) is 5.66. The van der Waals surface area contributed by atoms with Crippen LogP contribution >= 0.6 is 0 Å². The van der Waals surface area contributed by atoms with Gasteiger partial charge in [-0.25, -0.2) is 0 Å². The van der Waals surface area contributed by atoms with Crippen LogP contribution in [0.15, 0.2) is 30.3 Å². The van der Waals surface area contributed by atoms with E-state index in [1.807, 2.05) is 13.0 Å². The van der Waals surface area contributed by atoms with Crippen molar-refractivity contribution in [3.63, 3.8) is 0 Å². The van der Waals surface area contributed by atoms with Crippen molar-refractivity contribution in [2.24, 2.45) is 0 Å². The molecular weight excluding hydrogens is 267 g/mol. The maximum absolute atomic E-state index is 12.8. The fourth-order valence-corrected chi connectivity index (χ4v) is 2.07. The van der Waals surface area contributed by atoms with Gasteiger partial charge >= 0.3 is 6.18 Å². The summed E-state index contributed by atoms with van der Waals surface area (Å²) in [6.45, 7) is 3.10. The molecule has 1 N–H and O–H groups in total. The molecule has 6 heteroatoms. The van der Waals surface area contributed by atoms with Gasteiger partial charge in [-0.05, 0) is 32.2 Å². The van der Waals surface area contributed by atoms with E-state index >= 15 is 0 Å². The van der Waals surface area contributed by atoms with Crippen LogP contribution in [0.3, 0.4) is 0 Å². The van der Waals surface area contributed by atoms with E-state index in [2.05, 4.69) is 10.4 Å². The van der Waals surface area contributed by atoms with Gasteiger partial charge in [-0.15, -0.1) is 0 Å². The second-order valence-corrected chi connectivity index (χ2v) is 4.45. The standard InChI is InChI=1S/C14H16F3N3/c1-3-20-13(8-12(19-20)9-18-2)10-5-4-6-11(7-10)14(15,16)17/h4-8,18H,3,9H2,1-2H3. The van der Waals surface area contributed by atoms with Crippen LogP contribution in [0, 0.1) is 0 Å². The van der Waals surface area contributed by atoms with Crippen LogP contribution in [0.4, 0.5) is 13.2 Å². The zero-order valence-corrected chi connectivity index (χ0v) is 11.3. The molecule has 2 rings (SSSR count). The average Bonchev–Trinajstić information content (AvgIpc) is 2.81. The summed E-state index contributed by atoms with van der Waals surface area (Å²) in [5.74, 6) is 0. The first-order valence-corrected chi connectivity index (χ1v) is 6.34. The number of halogens is 3. The number of aryl methyl sites for hydroxylation is 1. The Bertz CT molecular complexity index is 588. The number of rotatable bonds is 4. The predicted molar refractivity (Wildman–Crippen MR) is 71.1 cm³/mol.